The third kappa shape index (κ3) is 4.68. The van der Waals surface area contributed by atoms with Crippen LogP contribution in [0, 0.1) is 6.92 Å². The normalized spacial score (nSPS) is 9.76. The molecule has 1 rings (SSSR count). The van der Waals surface area contributed by atoms with E-state index in [0.29, 0.717) is 12.0 Å². The lowest BCUT2D eigenvalue weighted by Crippen LogP contribution is -2.08. The van der Waals surface area contributed by atoms with Gasteiger partial charge in [-0.05, 0) is 25.5 Å². The topological polar surface area (TPSA) is 52.6 Å². The molecule has 17 heavy (non-hydrogen) atoms. The molecule has 0 spiro atoms. The van der Waals surface area contributed by atoms with Crippen LogP contribution in [0.5, 0.6) is 0 Å². The molecule has 1 aromatic carbocycles. The predicted octanol–water partition coefficient (Wildman–Crippen LogP) is 2.11. The number of benzene rings is 1. The number of carbonyl (C=O) groups excluding carboxylic acids is 2. The highest BCUT2D eigenvalue weighted by Crippen LogP contribution is 2.05. The first-order chi connectivity index (χ1) is 8.13. The monoisotopic (exact) mass is 236 g/mol. The minimum Gasteiger partial charge on any atom is -0.469 e. The lowest BCUT2D eigenvalue weighted by molar-refractivity contribution is -0.140. The zero-order valence-corrected chi connectivity index (χ0v) is 10.1. The summed E-state index contributed by atoms with van der Waals surface area (Å²) in [5.41, 5.74) is 1.61. The molecular weight excluding hydrogens is 220 g/mol. The molecule has 0 fully saturated rings. The van der Waals surface area contributed by atoms with Crippen molar-refractivity contribution in [1.29, 1.82) is 0 Å². The fourth-order valence-electron chi connectivity index (χ4n) is 1.26. The summed E-state index contributed by atoms with van der Waals surface area (Å²) in [6.45, 7) is 2.17. The molecule has 1 aromatic rings. The second-order valence-electron chi connectivity index (χ2n) is 3.68. The number of hydrogen-bond donors (Lipinski definition) is 0. The molecule has 0 radical (unpaired) electrons. The number of rotatable bonds is 5. The first-order valence-electron chi connectivity index (χ1n) is 5.44. The number of hydrogen-bond acceptors (Lipinski definition) is 4. The SMILES string of the molecule is COC(=O)CCCOC(=O)c1ccc(C)cc1. The van der Waals surface area contributed by atoms with Crippen LogP contribution in [0.2, 0.25) is 0 Å². The van der Waals surface area contributed by atoms with Gasteiger partial charge in [-0.2, -0.15) is 0 Å². The van der Waals surface area contributed by atoms with Crippen molar-refractivity contribution in [3.8, 4) is 0 Å². The van der Waals surface area contributed by atoms with Crippen molar-refractivity contribution in [3.05, 3.63) is 35.4 Å². The highest BCUT2D eigenvalue weighted by atomic mass is 16.5. The molecule has 0 unspecified atom stereocenters. The number of methoxy groups -OCH3 is 1. The van der Waals surface area contributed by atoms with E-state index in [2.05, 4.69) is 4.74 Å². The Balaban J connectivity index is 2.30. The van der Waals surface area contributed by atoms with E-state index >= 15 is 0 Å². The van der Waals surface area contributed by atoms with Crippen LogP contribution >= 0.6 is 0 Å². The number of aryl methyl sites for hydroxylation is 1. The quantitative estimate of drug-likeness (QED) is 0.580. The molecule has 0 aliphatic rings. The van der Waals surface area contributed by atoms with Crippen LogP contribution < -0.4 is 0 Å². The lowest BCUT2D eigenvalue weighted by Gasteiger charge is -2.04. The minimum absolute atomic E-state index is 0.224. The molecule has 4 nitrogen and oxygen atoms in total. The average Bonchev–Trinajstić information content (AvgIpc) is 2.34. The van der Waals surface area contributed by atoms with E-state index in [4.69, 9.17) is 4.74 Å². The van der Waals surface area contributed by atoms with Crippen LogP contribution in [0.1, 0.15) is 28.8 Å². The number of carbonyl (C=O) groups is 2. The maximum atomic E-state index is 11.5. The molecule has 0 aliphatic carbocycles. The Morgan fingerprint density at radius 2 is 1.82 bits per heavy atom. The summed E-state index contributed by atoms with van der Waals surface area (Å²) in [5, 5.41) is 0. The molecule has 0 bridgehead atoms. The standard InChI is InChI=1S/C13H16O4/c1-10-5-7-11(8-6-10)13(15)17-9-3-4-12(14)16-2/h5-8H,3-4,9H2,1-2H3. The summed E-state index contributed by atoms with van der Waals surface area (Å²) in [6.07, 6.45) is 0.738. The fraction of sp³-hybridized carbons (Fsp3) is 0.385. The number of esters is 2. The summed E-state index contributed by atoms with van der Waals surface area (Å²) in [5.74, 6) is -0.661. The van der Waals surface area contributed by atoms with E-state index in [1.807, 2.05) is 19.1 Å². The van der Waals surface area contributed by atoms with Crippen LogP contribution in [-0.4, -0.2) is 25.7 Å². The average molecular weight is 236 g/mol. The Labute approximate surface area is 101 Å². The smallest absolute Gasteiger partial charge is 0.338 e. The number of ether oxygens (including phenoxy) is 2. The van der Waals surface area contributed by atoms with Gasteiger partial charge in [-0.15, -0.1) is 0 Å². The van der Waals surface area contributed by atoms with Crippen molar-refractivity contribution in [1.82, 2.24) is 0 Å². The van der Waals surface area contributed by atoms with Crippen molar-refractivity contribution in [2.24, 2.45) is 0 Å². The van der Waals surface area contributed by atoms with Crippen molar-refractivity contribution in [2.75, 3.05) is 13.7 Å². The Morgan fingerprint density at radius 3 is 2.41 bits per heavy atom. The van der Waals surface area contributed by atoms with Gasteiger partial charge in [0, 0.05) is 6.42 Å². The maximum Gasteiger partial charge on any atom is 0.338 e. The largest absolute Gasteiger partial charge is 0.469 e. The van der Waals surface area contributed by atoms with Crippen molar-refractivity contribution in [3.63, 3.8) is 0 Å². The van der Waals surface area contributed by atoms with Crippen molar-refractivity contribution < 1.29 is 19.1 Å². The van der Waals surface area contributed by atoms with Gasteiger partial charge in [0.15, 0.2) is 0 Å². The zero-order chi connectivity index (χ0) is 12.7. The van der Waals surface area contributed by atoms with Gasteiger partial charge in [0.05, 0.1) is 19.3 Å². The summed E-state index contributed by atoms with van der Waals surface area (Å²) in [7, 11) is 1.33. The molecule has 0 aliphatic heterocycles. The van der Waals surface area contributed by atoms with Gasteiger partial charge in [-0.3, -0.25) is 4.79 Å². The van der Waals surface area contributed by atoms with Gasteiger partial charge in [0.2, 0.25) is 0 Å². The van der Waals surface area contributed by atoms with E-state index in [9.17, 15) is 9.59 Å². The molecule has 0 aromatic heterocycles. The molecule has 0 N–H and O–H groups in total. The summed E-state index contributed by atoms with van der Waals surface area (Å²) in [4.78, 5) is 22.3. The second-order valence-corrected chi connectivity index (χ2v) is 3.68. The lowest BCUT2D eigenvalue weighted by atomic mass is 10.1. The van der Waals surface area contributed by atoms with Gasteiger partial charge in [0.1, 0.15) is 0 Å². The van der Waals surface area contributed by atoms with Crippen LogP contribution in [0.4, 0.5) is 0 Å². The van der Waals surface area contributed by atoms with Gasteiger partial charge in [0.25, 0.3) is 0 Å². The van der Waals surface area contributed by atoms with Gasteiger partial charge in [-0.25, -0.2) is 4.79 Å². The molecule has 0 saturated carbocycles. The molecule has 4 heteroatoms. The Hall–Kier alpha value is -1.84. The van der Waals surface area contributed by atoms with Crippen LogP contribution in [-0.2, 0) is 14.3 Å². The molecular formula is C13H16O4. The molecule has 0 saturated heterocycles. The van der Waals surface area contributed by atoms with Crippen LogP contribution in [0.15, 0.2) is 24.3 Å². The Morgan fingerprint density at radius 1 is 1.18 bits per heavy atom. The summed E-state index contributed by atoms with van der Waals surface area (Å²) >= 11 is 0. The van der Waals surface area contributed by atoms with Crippen LogP contribution in [0.3, 0.4) is 0 Å². The van der Waals surface area contributed by atoms with E-state index in [1.165, 1.54) is 7.11 Å². The Kier molecular flexibility index (Phi) is 5.20. The highest BCUT2D eigenvalue weighted by molar-refractivity contribution is 5.89. The van der Waals surface area contributed by atoms with Crippen molar-refractivity contribution in [2.45, 2.75) is 19.8 Å². The third-order valence-electron chi connectivity index (χ3n) is 2.27. The van der Waals surface area contributed by atoms with Crippen LogP contribution in [0.25, 0.3) is 0 Å². The Bertz CT molecular complexity index is 381. The van der Waals surface area contributed by atoms with E-state index in [1.54, 1.807) is 12.1 Å². The van der Waals surface area contributed by atoms with Crippen molar-refractivity contribution >= 4 is 11.9 Å². The van der Waals surface area contributed by atoms with Gasteiger partial charge in [-0.1, -0.05) is 17.7 Å². The predicted molar refractivity (Wildman–Crippen MR) is 62.7 cm³/mol. The van der Waals surface area contributed by atoms with E-state index < -0.39 is 0 Å². The highest BCUT2D eigenvalue weighted by Gasteiger charge is 2.07. The molecule has 0 heterocycles. The minimum atomic E-state index is -0.366. The summed E-state index contributed by atoms with van der Waals surface area (Å²) in [6, 6.07) is 7.14. The maximum absolute atomic E-state index is 11.5. The zero-order valence-electron chi connectivity index (χ0n) is 10.1. The first kappa shape index (κ1) is 13.2. The first-order valence-corrected chi connectivity index (χ1v) is 5.44. The van der Waals surface area contributed by atoms with Gasteiger partial charge < -0.3 is 9.47 Å². The molecule has 0 atom stereocenters. The third-order valence-corrected chi connectivity index (χ3v) is 2.27. The summed E-state index contributed by atoms with van der Waals surface area (Å²) < 4.78 is 9.49. The fourth-order valence-corrected chi connectivity index (χ4v) is 1.26. The van der Waals surface area contributed by atoms with E-state index in [0.717, 1.165) is 5.56 Å². The van der Waals surface area contributed by atoms with Gasteiger partial charge >= 0.3 is 11.9 Å². The second kappa shape index (κ2) is 6.68. The molecule has 0 amide bonds. The van der Waals surface area contributed by atoms with E-state index in [-0.39, 0.29) is 25.0 Å². The molecule has 92 valence electrons.